The van der Waals surface area contributed by atoms with Gasteiger partial charge in [-0.2, -0.15) is 0 Å². The molecule has 0 saturated carbocycles. The number of ether oxygens (including phenoxy) is 1. The fraction of sp³-hybridized carbons (Fsp3) is 0.615. The first kappa shape index (κ1) is 22.3. The minimum Gasteiger partial charge on any atom is -0.388 e. The predicted molar refractivity (Wildman–Crippen MR) is 121 cm³/mol. The van der Waals surface area contributed by atoms with Crippen LogP contribution < -0.4 is 0 Å². The second-order valence-electron chi connectivity index (χ2n) is 9.34. The summed E-state index contributed by atoms with van der Waals surface area (Å²) < 4.78 is 6.17. The largest absolute Gasteiger partial charge is 0.388 e. The van der Waals surface area contributed by atoms with E-state index in [1.165, 1.54) is 23.1 Å². The van der Waals surface area contributed by atoms with Crippen LogP contribution in [0.15, 0.2) is 53.6 Å². The van der Waals surface area contributed by atoms with Crippen molar-refractivity contribution in [2.24, 2.45) is 5.92 Å². The zero-order valence-corrected chi connectivity index (χ0v) is 18.7. The minimum atomic E-state index is -0.579. The summed E-state index contributed by atoms with van der Waals surface area (Å²) in [6.45, 7) is 11.5. The standard InChI is InChI=1S/C26H39NO2/c1-5-24(29-19-22-10-7-6-8-11-22)21(3)14-13-20(2)16-23-17-26(4,28)25-12-9-15-27(25)18-23/h6-8,10-11,14,16,20,24-25,28H,5,9,12-13,15,17-19H2,1-4H3/b21-14+,23-16-/t20-,24+,25+,26+/m1/s1. The molecule has 2 aliphatic rings. The van der Waals surface area contributed by atoms with E-state index in [2.05, 4.69) is 62.1 Å². The Morgan fingerprint density at radius 1 is 1.34 bits per heavy atom. The molecule has 3 nitrogen and oxygen atoms in total. The van der Waals surface area contributed by atoms with Gasteiger partial charge in [-0.1, -0.05) is 61.9 Å². The number of hydrogen-bond acceptors (Lipinski definition) is 3. The van der Waals surface area contributed by atoms with E-state index in [4.69, 9.17) is 4.74 Å². The Hall–Kier alpha value is -1.42. The predicted octanol–water partition coefficient (Wildman–Crippen LogP) is 5.50. The number of piperidine rings is 1. The number of benzene rings is 1. The first-order chi connectivity index (χ1) is 13.9. The third-order valence-electron chi connectivity index (χ3n) is 6.58. The molecule has 0 radical (unpaired) electrons. The van der Waals surface area contributed by atoms with Crippen LogP contribution in [0, 0.1) is 5.92 Å². The summed E-state index contributed by atoms with van der Waals surface area (Å²) in [4.78, 5) is 2.48. The van der Waals surface area contributed by atoms with Crippen molar-refractivity contribution >= 4 is 0 Å². The van der Waals surface area contributed by atoms with Gasteiger partial charge < -0.3 is 9.84 Å². The molecule has 0 unspecified atom stereocenters. The Bertz CT molecular complexity index is 707. The lowest BCUT2D eigenvalue weighted by molar-refractivity contribution is -0.0330. The summed E-state index contributed by atoms with van der Waals surface area (Å²) in [6.07, 6.45) is 10.1. The molecule has 0 spiro atoms. The molecule has 0 bridgehead atoms. The normalized spacial score (nSPS) is 29.1. The van der Waals surface area contributed by atoms with Crippen molar-refractivity contribution in [3.63, 3.8) is 0 Å². The number of nitrogens with zero attached hydrogens (tertiary/aromatic N) is 1. The lowest BCUT2D eigenvalue weighted by Gasteiger charge is -2.43. The van der Waals surface area contributed by atoms with Crippen LogP contribution in [0.1, 0.15) is 65.4 Å². The molecule has 29 heavy (non-hydrogen) atoms. The average Bonchev–Trinajstić information content (AvgIpc) is 3.17. The molecule has 0 aromatic heterocycles. The van der Waals surface area contributed by atoms with Gasteiger partial charge in [0.25, 0.3) is 0 Å². The van der Waals surface area contributed by atoms with Crippen molar-refractivity contribution in [2.75, 3.05) is 13.1 Å². The summed E-state index contributed by atoms with van der Waals surface area (Å²) in [5.41, 5.74) is 3.37. The SMILES string of the molecule is CC[C@H](OCc1ccccc1)/C(C)=C/C[C@@H](C)/C=C1\CN2CCC[C@H]2[C@@](C)(O)C1. The molecule has 1 N–H and O–H groups in total. The lowest BCUT2D eigenvalue weighted by atomic mass is 9.82. The molecule has 2 heterocycles. The van der Waals surface area contributed by atoms with Gasteiger partial charge in [-0.3, -0.25) is 4.90 Å². The van der Waals surface area contributed by atoms with Crippen molar-refractivity contribution in [2.45, 2.75) is 84.2 Å². The second-order valence-corrected chi connectivity index (χ2v) is 9.34. The van der Waals surface area contributed by atoms with E-state index < -0.39 is 5.60 Å². The molecule has 0 amide bonds. The minimum absolute atomic E-state index is 0.177. The fourth-order valence-electron chi connectivity index (χ4n) is 5.04. The number of hydrogen-bond donors (Lipinski definition) is 1. The van der Waals surface area contributed by atoms with Gasteiger partial charge in [0, 0.05) is 12.6 Å². The van der Waals surface area contributed by atoms with Crippen LogP contribution in [-0.2, 0) is 11.3 Å². The molecule has 1 aromatic rings. The molecule has 3 heteroatoms. The molecule has 1 aromatic carbocycles. The molecule has 2 aliphatic heterocycles. The van der Waals surface area contributed by atoms with Gasteiger partial charge in [0.2, 0.25) is 0 Å². The third kappa shape index (κ3) is 6.04. The van der Waals surface area contributed by atoms with Gasteiger partial charge in [0.15, 0.2) is 0 Å². The van der Waals surface area contributed by atoms with Crippen molar-refractivity contribution < 1.29 is 9.84 Å². The van der Waals surface area contributed by atoms with Crippen molar-refractivity contribution in [3.8, 4) is 0 Å². The molecular formula is C26H39NO2. The quantitative estimate of drug-likeness (QED) is 0.588. The van der Waals surface area contributed by atoms with E-state index in [-0.39, 0.29) is 6.10 Å². The van der Waals surface area contributed by atoms with Crippen LogP contribution in [0.3, 0.4) is 0 Å². The van der Waals surface area contributed by atoms with Crippen molar-refractivity contribution in [3.05, 3.63) is 59.2 Å². The lowest BCUT2D eigenvalue weighted by Crippen LogP contribution is -2.52. The highest BCUT2D eigenvalue weighted by atomic mass is 16.5. The zero-order valence-electron chi connectivity index (χ0n) is 18.7. The summed E-state index contributed by atoms with van der Waals surface area (Å²) in [7, 11) is 0. The van der Waals surface area contributed by atoms with Crippen LogP contribution in [0.4, 0.5) is 0 Å². The molecule has 0 aliphatic carbocycles. The maximum absolute atomic E-state index is 10.9. The Morgan fingerprint density at radius 2 is 2.10 bits per heavy atom. The van der Waals surface area contributed by atoms with Gasteiger partial charge in [-0.15, -0.1) is 0 Å². The van der Waals surface area contributed by atoms with Crippen molar-refractivity contribution in [1.29, 1.82) is 0 Å². The summed E-state index contributed by atoms with van der Waals surface area (Å²) in [6, 6.07) is 10.7. The Kier molecular flexibility index (Phi) is 7.72. The first-order valence-corrected chi connectivity index (χ1v) is 11.4. The van der Waals surface area contributed by atoms with Crippen LogP contribution in [-0.4, -0.2) is 40.8 Å². The van der Waals surface area contributed by atoms with E-state index >= 15 is 0 Å². The van der Waals surface area contributed by atoms with Crippen LogP contribution >= 0.6 is 0 Å². The molecule has 2 fully saturated rings. The first-order valence-electron chi connectivity index (χ1n) is 11.4. The van der Waals surface area contributed by atoms with Gasteiger partial charge in [-0.25, -0.2) is 0 Å². The van der Waals surface area contributed by atoms with Crippen LogP contribution in [0.2, 0.25) is 0 Å². The smallest absolute Gasteiger partial charge is 0.0811 e. The Balaban J connectivity index is 1.54. The monoisotopic (exact) mass is 397 g/mol. The summed E-state index contributed by atoms with van der Waals surface area (Å²) >= 11 is 0. The molecular weight excluding hydrogens is 358 g/mol. The van der Waals surface area contributed by atoms with E-state index in [9.17, 15) is 5.11 Å². The van der Waals surface area contributed by atoms with Gasteiger partial charge in [-0.05, 0) is 69.6 Å². The highest BCUT2D eigenvalue weighted by Crippen LogP contribution is 2.37. The topological polar surface area (TPSA) is 32.7 Å². The van der Waals surface area contributed by atoms with Gasteiger partial charge >= 0.3 is 0 Å². The van der Waals surface area contributed by atoms with Crippen molar-refractivity contribution in [1.82, 2.24) is 4.90 Å². The average molecular weight is 398 g/mol. The number of allylic oxidation sites excluding steroid dienone is 2. The van der Waals surface area contributed by atoms with Crippen LogP contribution in [0.5, 0.6) is 0 Å². The molecule has 4 atom stereocenters. The van der Waals surface area contributed by atoms with E-state index in [0.717, 1.165) is 38.8 Å². The Labute approximate surface area is 177 Å². The zero-order chi connectivity index (χ0) is 20.9. The molecule has 2 saturated heterocycles. The highest BCUT2D eigenvalue weighted by molar-refractivity contribution is 5.19. The van der Waals surface area contributed by atoms with E-state index in [1.54, 1.807) is 0 Å². The molecule has 3 rings (SSSR count). The number of aliphatic hydroxyl groups is 1. The van der Waals surface area contributed by atoms with Crippen LogP contribution in [0.25, 0.3) is 0 Å². The van der Waals surface area contributed by atoms with Gasteiger partial charge in [0.05, 0.1) is 18.3 Å². The Morgan fingerprint density at radius 3 is 2.83 bits per heavy atom. The third-order valence-corrected chi connectivity index (χ3v) is 6.58. The number of fused-ring (bicyclic) bond motifs is 1. The fourth-order valence-corrected chi connectivity index (χ4v) is 5.04. The number of rotatable bonds is 8. The molecule has 160 valence electrons. The maximum atomic E-state index is 10.9. The van der Waals surface area contributed by atoms with Gasteiger partial charge in [0.1, 0.15) is 0 Å². The van der Waals surface area contributed by atoms with E-state index in [1.807, 2.05) is 13.0 Å². The maximum Gasteiger partial charge on any atom is 0.0811 e. The summed E-state index contributed by atoms with van der Waals surface area (Å²) in [5.74, 6) is 0.474. The highest BCUT2D eigenvalue weighted by Gasteiger charge is 2.43. The second kappa shape index (κ2) is 10.1. The summed E-state index contributed by atoms with van der Waals surface area (Å²) in [5, 5.41) is 10.9. The van der Waals surface area contributed by atoms with E-state index in [0.29, 0.717) is 18.6 Å².